The van der Waals surface area contributed by atoms with Crippen LogP contribution in [-0.2, 0) is 9.59 Å². The molecule has 1 heterocycles. The van der Waals surface area contributed by atoms with Gasteiger partial charge in [-0.2, -0.15) is 0 Å². The van der Waals surface area contributed by atoms with E-state index in [4.69, 9.17) is 54.5 Å². The summed E-state index contributed by atoms with van der Waals surface area (Å²) < 4.78 is 37.2. The van der Waals surface area contributed by atoms with Gasteiger partial charge < -0.3 is 19.7 Å². The number of carboxylic acid groups (broad SMARTS) is 2. The molecule has 0 amide bonds. The molecule has 0 fully saturated rings. The van der Waals surface area contributed by atoms with Crippen LogP contribution in [0, 0.1) is 35.3 Å². The Bertz CT molecular complexity index is 1740. The highest BCUT2D eigenvalue weighted by Crippen LogP contribution is 2.24. The minimum Gasteiger partial charge on any atom is -0.481 e. The van der Waals surface area contributed by atoms with Crippen LogP contribution in [0.5, 0.6) is 11.5 Å². The smallest absolute Gasteiger partial charge is 0.341 e. The van der Waals surface area contributed by atoms with Crippen LogP contribution in [0.2, 0.25) is 14.4 Å². The minimum atomic E-state index is -1.14. The van der Waals surface area contributed by atoms with Crippen LogP contribution < -0.4 is 9.47 Å². The van der Waals surface area contributed by atoms with Crippen molar-refractivity contribution in [2.45, 2.75) is 13.8 Å². The minimum absolute atomic E-state index is 0.00515. The van der Waals surface area contributed by atoms with Gasteiger partial charge in [0, 0.05) is 16.1 Å². The van der Waals surface area contributed by atoms with Crippen LogP contribution in [0.15, 0.2) is 66.7 Å². The number of carboxylic acids is 2. The molecule has 0 aliphatic heterocycles. The second-order valence-electron chi connectivity index (χ2n) is 7.87. The lowest BCUT2D eigenvalue weighted by molar-refractivity contribution is -0.140. The van der Waals surface area contributed by atoms with Crippen molar-refractivity contribution in [3.8, 4) is 35.2 Å². The zero-order chi connectivity index (χ0) is 32.6. The van der Waals surface area contributed by atoms with Crippen LogP contribution in [0.1, 0.15) is 35.4 Å². The van der Waals surface area contributed by atoms with Gasteiger partial charge in [-0.25, -0.2) is 18.4 Å². The van der Waals surface area contributed by atoms with Crippen molar-refractivity contribution in [3.63, 3.8) is 0 Å². The predicted octanol–water partition coefficient (Wildman–Crippen LogP) is 8.43. The molecule has 12 heteroatoms. The first kappa shape index (κ1) is 35.9. The first-order valence-corrected chi connectivity index (χ1v) is 14.5. The quantitative estimate of drug-likeness (QED) is 0.199. The van der Waals surface area contributed by atoms with Gasteiger partial charge in [0.25, 0.3) is 0 Å². The van der Waals surface area contributed by atoms with E-state index in [1.165, 1.54) is 35.6 Å². The Labute approximate surface area is 271 Å². The number of hydrogen-bond acceptors (Lipinski definition) is 5. The summed E-state index contributed by atoms with van der Waals surface area (Å²) in [5, 5.41) is 18.1. The number of benzene rings is 3. The fraction of sp³-hybridized carbons (Fsp3) is 0.125. The van der Waals surface area contributed by atoms with E-state index in [2.05, 4.69) is 23.7 Å². The van der Waals surface area contributed by atoms with Crippen molar-refractivity contribution in [2.75, 3.05) is 13.2 Å². The molecule has 228 valence electrons. The van der Waals surface area contributed by atoms with E-state index in [1.54, 1.807) is 24.3 Å². The summed E-state index contributed by atoms with van der Waals surface area (Å²) in [6.45, 7) is 3.03. The zero-order valence-corrected chi connectivity index (χ0v) is 26.2. The van der Waals surface area contributed by atoms with Crippen molar-refractivity contribution < 1.29 is 38.1 Å². The van der Waals surface area contributed by atoms with Gasteiger partial charge in [-0.15, -0.1) is 11.3 Å². The van der Waals surface area contributed by atoms with Gasteiger partial charge in [-0.3, -0.25) is 0 Å². The molecule has 44 heavy (non-hydrogen) atoms. The topological polar surface area (TPSA) is 93.1 Å². The second kappa shape index (κ2) is 18.4. The summed E-state index contributed by atoms with van der Waals surface area (Å²) in [5.74, 6) is 7.93. The van der Waals surface area contributed by atoms with Crippen LogP contribution >= 0.6 is 46.1 Å². The number of carbonyl (C=O) groups is 2. The number of thiophene rings is 1. The third-order valence-electron chi connectivity index (χ3n) is 4.74. The molecular formula is C32H23Cl3F2O6S. The predicted molar refractivity (Wildman–Crippen MR) is 168 cm³/mol. The molecule has 0 bridgehead atoms. The van der Waals surface area contributed by atoms with E-state index in [9.17, 15) is 18.4 Å². The van der Waals surface area contributed by atoms with Crippen molar-refractivity contribution in [2.24, 2.45) is 0 Å². The molecule has 4 rings (SSSR count). The van der Waals surface area contributed by atoms with E-state index >= 15 is 0 Å². The van der Waals surface area contributed by atoms with Crippen molar-refractivity contribution in [1.29, 1.82) is 0 Å². The lowest BCUT2D eigenvalue weighted by atomic mass is 10.1. The molecule has 0 spiro atoms. The summed E-state index contributed by atoms with van der Waals surface area (Å²) in [5.41, 5.74) is 0.839. The normalized spacial score (nSPS) is 9.43. The van der Waals surface area contributed by atoms with Crippen molar-refractivity contribution >= 4 is 58.1 Å². The Hall–Kier alpha value is -4.25. The number of rotatable bonds is 6. The van der Waals surface area contributed by atoms with Gasteiger partial charge in [0.2, 0.25) is 0 Å². The Morgan fingerprint density at radius 2 is 1.20 bits per heavy atom. The van der Waals surface area contributed by atoms with Gasteiger partial charge in [0.05, 0.1) is 25.9 Å². The third kappa shape index (κ3) is 12.5. The van der Waals surface area contributed by atoms with Crippen molar-refractivity contribution in [1.82, 2.24) is 0 Å². The molecule has 0 radical (unpaired) electrons. The maximum absolute atomic E-state index is 13.5. The fourth-order valence-electron chi connectivity index (χ4n) is 2.97. The third-order valence-corrected chi connectivity index (χ3v) is 6.36. The maximum atomic E-state index is 13.5. The number of ether oxygens (including phenoxy) is 2. The molecule has 0 saturated heterocycles. The molecule has 1 aromatic heterocycles. The Morgan fingerprint density at radius 1 is 0.705 bits per heavy atom. The van der Waals surface area contributed by atoms with E-state index < -0.39 is 36.8 Å². The zero-order valence-electron chi connectivity index (χ0n) is 23.1. The summed E-state index contributed by atoms with van der Waals surface area (Å²) in [6.07, 6.45) is 0. The van der Waals surface area contributed by atoms with Gasteiger partial charge in [0.15, 0.2) is 13.2 Å². The van der Waals surface area contributed by atoms with Gasteiger partial charge in [-0.05, 0) is 60.7 Å². The Balaban J connectivity index is 0.000000292. The van der Waals surface area contributed by atoms with Gasteiger partial charge >= 0.3 is 11.9 Å². The average Bonchev–Trinajstić information content (AvgIpc) is 3.40. The summed E-state index contributed by atoms with van der Waals surface area (Å²) in [7, 11) is 0. The van der Waals surface area contributed by atoms with Crippen molar-refractivity contribution in [3.05, 3.63) is 114 Å². The highest BCUT2D eigenvalue weighted by molar-refractivity contribution is 7.16. The highest BCUT2D eigenvalue weighted by atomic mass is 35.5. The second-order valence-corrected chi connectivity index (χ2v) is 10.5. The van der Waals surface area contributed by atoms with Crippen LogP contribution in [0.3, 0.4) is 0 Å². The molecule has 3 aromatic carbocycles. The number of aliphatic carboxylic acids is 2. The molecule has 0 aliphatic carbocycles. The highest BCUT2D eigenvalue weighted by Gasteiger charge is 2.07. The molecule has 6 nitrogen and oxygen atoms in total. The van der Waals surface area contributed by atoms with E-state index in [1.807, 2.05) is 19.9 Å². The Morgan fingerprint density at radius 3 is 1.66 bits per heavy atom. The van der Waals surface area contributed by atoms with Crippen LogP contribution in [0.25, 0.3) is 0 Å². The molecule has 0 aliphatic rings. The first-order valence-electron chi connectivity index (χ1n) is 12.5. The maximum Gasteiger partial charge on any atom is 0.341 e. The standard InChI is InChI=1S/C16H9ClF2O3.C14H8Cl2O3S.C2H6/c17-12-4-6-15(22-9-16(20)21)11(7-12)2-1-10-3-5-13(18)8-14(10)19;15-10-2-5-12(19-8-14(17)18)9(7-10)1-3-11-4-6-13(16)20-11;1-2/h3-8H,9H2,(H,20,21);2,4-7H,8H2,(H,17,18);1-2H3. The monoisotopic (exact) mass is 678 g/mol. The fourth-order valence-corrected chi connectivity index (χ4v) is 4.21. The molecule has 0 atom stereocenters. The summed E-state index contributed by atoms with van der Waals surface area (Å²) >= 11 is 18.9. The molecule has 4 aromatic rings. The van der Waals surface area contributed by atoms with E-state index in [0.29, 0.717) is 31.3 Å². The lowest BCUT2D eigenvalue weighted by Crippen LogP contribution is -2.10. The lowest BCUT2D eigenvalue weighted by Gasteiger charge is -2.06. The number of halogens is 5. The average molecular weight is 680 g/mol. The van der Waals surface area contributed by atoms with Crippen LogP contribution in [0.4, 0.5) is 8.78 Å². The molecule has 0 saturated carbocycles. The van der Waals surface area contributed by atoms with Gasteiger partial charge in [-0.1, -0.05) is 72.3 Å². The van der Waals surface area contributed by atoms with Crippen LogP contribution in [-0.4, -0.2) is 35.4 Å². The molecular weight excluding hydrogens is 657 g/mol. The summed E-state index contributed by atoms with van der Waals surface area (Å²) in [6, 6.07) is 15.9. The molecule has 2 N–H and O–H groups in total. The summed E-state index contributed by atoms with van der Waals surface area (Å²) in [4.78, 5) is 21.9. The Kier molecular flexibility index (Phi) is 15.0. The molecule has 0 unspecified atom stereocenters. The first-order chi connectivity index (χ1) is 21.0. The SMILES string of the molecule is CC.O=C(O)COc1ccc(Cl)cc1C#Cc1ccc(Cl)s1.O=C(O)COc1ccc(Cl)cc1C#Cc1ccc(F)cc1F. The largest absolute Gasteiger partial charge is 0.481 e. The van der Waals surface area contributed by atoms with E-state index in [-0.39, 0.29) is 11.3 Å². The van der Waals surface area contributed by atoms with E-state index in [0.717, 1.165) is 17.0 Å². The van der Waals surface area contributed by atoms with Gasteiger partial charge in [0.1, 0.15) is 23.1 Å². The number of hydrogen-bond donors (Lipinski definition) is 2.